The van der Waals surface area contributed by atoms with Crippen molar-refractivity contribution in [2.75, 3.05) is 37.6 Å². The largest absolute Gasteiger partial charge is 0.369 e. The Labute approximate surface area is 158 Å². The highest BCUT2D eigenvalue weighted by Crippen LogP contribution is 2.30. The number of rotatable bonds is 6. The van der Waals surface area contributed by atoms with Gasteiger partial charge in [-0.2, -0.15) is 5.01 Å². The second-order valence-corrected chi connectivity index (χ2v) is 6.92. The molecule has 148 valence electrons. The molecule has 0 radical (unpaired) electrons. The van der Waals surface area contributed by atoms with Crippen LogP contribution in [-0.4, -0.2) is 50.4 Å². The van der Waals surface area contributed by atoms with Crippen molar-refractivity contribution in [1.29, 1.82) is 0 Å². The SMILES string of the molecule is COC(OC)C1CCN(c2ccc(NN3C(=O)CCCC3=O)cc2F)CC1. The Hall–Kier alpha value is -2.19. The van der Waals surface area contributed by atoms with Crippen LogP contribution in [0, 0.1) is 11.7 Å². The van der Waals surface area contributed by atoms with Crippen molar-refractivity contribution in [3.05, 3.63) is 24.0 Å². The molecule has 0 atom stereocenters. The van der Waals surface area contributed by atoms with Crippen molar-refractivity contribution in [3.8, 4) is 0 Å². The Morgan fingerprint density at radius 2 is 1.74 bits per heavy atom. The highest BCUT2D eigenvalue weighted by molar-refractivity contribution is 5.98. The second kappa shape index (κ2) is 8.67. The zero-order valence-corrected chi connectivity index (χ0v) is 15.7. The van der Waals surface area contributed by atoms with E-state index >= 15 is 0 Å². The van der Waals surface area contributed by atoms with E-state index in [1.807, 2.05) is 4.90 Å². The number of nitrogens with zero attached hydrogens (tertiary/aromatic N) is 2. The lowest BCUT2D eigenvalue weighted by molar-refractivity contribution is -0.146. The Morgan fingerprint density at radius 1 is 1.11 bits per heavy atom. The molecule has 2 saturated heterocycles. The minimum absolute atomic E-state index is 0.233. The number of benzene rings is 1. The molecule has 2 amide bonds. The van der Waals surface area contributed by atoms with Crippen molar-refractivity contribution in [3.63, 3.8) is 0 Å². The molecule has 0 bridgehead atoms. The molecule has 0 saturated carbocycles. The Kier molecular flexibility index (Phi) is 6.28. The van der Waals surface area contributed by atoms with Crippen LogP contribution in [0.4, 0.5) is 15.8 Å². The summed E-state index contributed by atoms with van der Waals surface area (Å²) in [7, 11) is 3.26. The molecule has 2 heterocycles. The fourth-order valence-electron chi connectivity index (χ4n) is 3.73. The summed E-state index contributed by atoms with van der Waals surface area (Å²) in [6, 6.07) is 4.69. The molecule has 0 aromatic heterocycles. The van der Waals surface area contributed by atoms with E-state index in [1.165, 1.54) is 6.07 Å². The summed E-state index contributed by atoms with van der Waals surface area (Å²) >= 11 is 0. The summed E-state index contributed by atoms with van der Waals surface area (Å²) in [5.74, 6) is -0.672. The van der Waals surface area contributed by atoms with E-state index in [4.69, 9.17) is 9.47 Å². The number of hydrogen-bond donors (Lipinski definition) is 1. The van der Waals surface area contributed by atoms with Gasteiger partial charge in [0.2, 0.25) is 11.8 Å². The molecule has 0 aliphatic carbocycles. The van der Waals surface area contributed by atoms with Gasteiger partial charge < -0.3 is 14.4 Å². The third-order valence-electron chi connectivity index (χ3n) is 5.20. The number of carbonyl (C=O) groups is 2. The van der Waals surface area contributed by atoms with E-state index in [2.05, 4.69) is 5.43 Å². The predicted molar refractivity (Wildman–Crippen MR) is 98.5 cm³/mol. The maximum atomic E-state index is 14.7. The summed E-state index contributed by atoms with van der Waals surface area (Å²) in [4.78, 5) is 25.7. The molecule has 27 heavy (non-hydrogen) atoms. The molecule has 2 aliphatic heterocycles. The number of carbonyl (C=O) groups excluding carboxylic acids is 2. The number of piperidine rings is 2. The van der Waals surface area contributed by atoms with Crippen molar-refractivity contribution in [2.24, 2.45) is 5.92 Å². The zero-order chi connectivity index (χ0) is 19.4. The summed E-state index contributed by atoms with van der Waals surface area (Å²) in [5.41, 5.74) is 3.63. The number of hydrazine groups is 1. The molecule has 8 heteroatoms. The minimum Gasteiger partial charge on any atom is -0.369 e. The Balaban J connectivity index is 1.64. The average Bonchev–Trinajstić information content (AvgIpc) is 2.67. The Morgan fingerprint density at radius 3 is 2.30 bits per heavy atom. The molecule has 1 aromatic carbocycles. The smallest absolute Gasteiger partial charge is 0.248 e. The van der Waals surface area contributed by atoms with Gasteiger partial charge in [-0.15, -0.1) is 0 Å². The number of hydrogen-bond acceptors (Lipinski definition) is 6. The number of anilines is 2. The molecule has 1 aromatic rings. The first kappa shape index (κ1) is 19.6. The molecule has 2 fully saturated rings. The van der Waals surface area contributed by atoms with Gasteiger partial charge in [-0.3, -0.25) is 15.0 Å². The lowest BCUT2D eigenvalue weighted by Crippen LogP contribution is -2.44. The van der Waals surface area contributed by atoms with Gasteiger partial charge in [0, 0.05) is 52.1 Å². The number of methoxy groups -OCH3 is 2. The fraction of sp³-hybridized carbons (Fsp3) is 0.579. The number of imide groups is 1. The minimum atomic E-state index is -0.384. The van der Waals surface area contributed by atoms with Gasteiger partial charge in [0.05, 0.1) is 11.4 Å². The number of ether oxygens (including phenoxy) is 2. The van der Waals surface area contributed by atoms with Crippen LogP contribution < -0.4 is 10.3 Å². The van der Waals surface area contributed by atoms with E-state index in [0.717, 1.165) is 17.9 Å². The van der Waals surface area contributed by atoms with Crippen LogP contribution in [-0.2, 0) is 19.1 Å². The van der Waals surface area contributed by atoms with Crippen LogP contribution in [0.2, 0.25) is 0 Å². The van der Waals surface area contributed by atoms with Gasteiger partial charge >= 0.3 is 0 Å². The first-order chi connectivity index (χ1) is 13.0. The van der Waals surface area contributed by atoms with Crippen LogP contribution >= 0.6 is 0 Å². The molecule has 2 aliphatic rings. The van der Waals surface area contributed by atoms with Crippen molar-refractivity contribution < 1.29 is 23.5 Å². The summed E-state index contributed by atoms with van der Waals surface area (Å²) < 4.78 is 25.3. The fourth-order valence-corrected chi connectivity index (χ4v) is 3.73. The molecule has 7 nitrogen and oxygen atoms in total. The maximum Gasteiger partial charge on any atom is 0.248 e. The van der Waals surface area contributed by atoms with Crippen LogP contribution in [0.1, 0.15) is 32.1 Å². The van der Waals surface area contributed by atoms with Crippen LogP contribution in [0.15, 0.2) is 18.2 Å². The molecular weight excluding hydrogens is 353 g/mol. The quantitative estimate of drug-likeness (QED) is 0.605. The van der Waals surface area contributed by atoms with Crippen LogP contribution in [0.5, 0.6) is 0 Å². The van der Waals surface area contributed by atoms with E-state index in [-0.39, 0.29) is 29.8 Å². The summed E-state index contributed by atoms with van der Waals surface area (Å²) in [5, 5.41) is 0.985. The zero-order valence-electron chi connectivity index (χ0n) is 15.7. The number of nitrogens with one attached hydrogen (secondary N) is 1. The Bertz CT molecular complexity index is 672. The van der Waals surface area contributed by atoms with Crippen LogP contribution in [0.3, 0.4) is 0 Å². The normalized spacial score (nSPS) is 19.1. The van der Waals surface area contributed by atoms with Gasteiger partial charge in [-0.25, -0.2) is 4.39 Å². The average molecular weight is 379 g/mol. The lowest BCUT2D eigenvalue weighted by Gasteiger charge is -2.36. The van der Waals surface area contributed by atoms with E-state index in [9.17, 15) is 14.0 Å². The second-order valence-electron chi connectivity index (χ2n) is 6.92. The van der Waals surface area contributed by atoms with Crippen molar-refractivity contribution in [2.45, 2.75) is 38.4 Å². The maximum absolute atomic E-state index is 14.7. The highest BCUT2D eigenvalue weighted by Gasteiger charge is 2.28. The first-order valence-corrected chi connectivity index (χ1v) is 9.26. The molecule has 3 rings (SSSR count). The van der Waals surface area contributed by atoms with Gasteiger partial charge in [-0.05, 0) is 31.4 Å². The van der Waals surface area contributed by atoms with Gasteiger partial charge in [0.1, 0.15) is 5.82 Å². The predicted octanol–water partition coefficient (Wildman–Crippen LogP) is 2.53. The van der Waals surface area contributed by atoms with Crippen molar-refractivity contribution in [1.82, 2.24) is 5.01 Å². The molecule has 0 spiro atoms. The third-order valence-corrected chi connectivity index (χ3v) is 5.20. The van der Waals surface area contributed by atoms with Gasteiger partial charge in [-0.1, -0.05) is 0 Å². The number of amides is 2. The molecular formula is C19H26FN3O4. The topological polar surface area (TPSA) is 71.1 Å². The van der Waals surface area contributed by atoms with E-state index in [0.29, 0.717) is 43.7 Å². The molecule has 1 N–H and O–H groups in total. The lowest BCUT2D eigenvalue weighted by atomic mass is 9.95. The van der Waals surface area contributed by atoms with Crippen molar-refractivity contribution >= 4 is 23.2 Å². The number of halogens is 1. The first-order valence-electron chi connectivity index (χ1n) is 9.26. The molecule has 0 unspecified atom stereocenters. The van der Waals surface area contributed by atoms with Crippen LogP contribution in [0.25, 0.3) is 0 Å². The highest BCUT2D eigenvalue weighted by atomic mass is 19.1. The monoisotopic (exact) mass is 379 g/mol. The van der Waals surface area contributed by atoms with Gasteiger partial charge in [0.25, 0.3) is 0 Å². The van der Waals surface area contributed by atoms with Gasteiger partial charge in [0.15, 0.2) is 6.29 Å². The summed E-state index contributed by atoms with van der Waals surface area (Å²) in [6.45, 7) is 1.42. The van der Waals surface area contributed by atoms with E-state index < -0.39 is 0 Å². The third kappa shape index (κ3) is 4.39. The van der Waals surface area contributed by atoms with E-state index in [1.54, 1.807) is 26.4 Å². The summed E-state index contributed by atoms with van der Waals surface area (Å²) in [6.07, 6.45) is 2.66. The standard InChI is InChI=1S/C19H26FN3O4/c1-26-19(27-2)13-8-10-22(11-9-13)16-7-6-14(12-15(16)20)21-23-17(24)4-3-5-18(23)25/h6-7,12-13,19,21H,3-5,8-11H2,1-2H3.